The van der Waals surface area contributed by atoms with Crippen LogP contribution in [0.2, 0.25) is 0 Å². The molecule has 0 saturated heterocycles. The number of rotatable bonds is 4. The van der Waals surface area contributed by atoms with E-state index in [0.29, 0.717) is 18.0 Å². The minimum Gasteiger partial charge on any atom is -0.489 e. The second-order valence-corrected chi connectivity index (χ2v) is 7.54. The van der Waals surface area contributed by atoms with Crippen molar-refractivity contribution >= 4 is 17.5 Å². The average Bonchev–Trinajstić information content (AvgIpc) is 3.00. The minimum atomic E-state index is -0.838. The topological polar surface area (TPSA) is 93.7 Å². The Hall–Kier alpha value is -3.00. The van der Waals surface area contributed by atoms with Gasteiger partial charge in [0.25, 0.3) is 11.8 Å². The quantitative estimate of drug-likeness (QED) is 0.851. The standard InChI is InChI=1S/C21H24N4O4/c1-4-9-21(2)17-13(11-29-21)10-22-18(24-17)19(26)23-14-12-28-16-8-6-5-7-15(16)25(3)20(14)27/h5-8,10,14H,4,9,11-12H2,1-3H3,(H,23,26)/t14?,21-/m1/s1. The Balaban J connectivity index is 1.54. The summed E-state index contributed by atoms with van der Waals surface area (Å²) in [4.78, 5) is 35.8. The number of amides is 2. The van der Waals surface area contributed by atoms with Crippen LogP contribution in [-0.2, 0) is 21.7 Å². The number of fused-ring (bicyclic) bond motifs is 2. The van der Waals surface area contributed by atoms with Crippen molar-refractivity contribution in [3.8, 4) is 5.75 Å². The van der Waals surface area contributed by atoms with Gasteiger partial charge in [-0.15, -0.1) is 0 Å². The number of benzene rings is 1. The molecule has 0 radical (unpaired) electrons. The zero-order valence-corrected chi connectivity index (χ0v) is 16.8. The van der Waals surface area contributed by atoms with Crippen molar-refractivity contribution in [1.82, 2.24) is 15.3 Å². The Labute approximate surface area is 169 Å². The smallest absolute Gasteiger partial charge is 0.289 e. The second kappa shape index (κ2) is 7.44. The van der Waals surface area contributed by atoms with E-state index in [1.165, 1.54) is 4.90 Å². The van der Waals surface area contributed by atoms with Gasteiger partial charge >= 0.3 is 0 Å². The summed E-state index contributed by atoms with van der Waals surface area (Å²) in [7, 11) is 1.66. The highest BCUT2D eigenvalue weighted by atomic mass is 16.5. The fourth-order valence-electron chi connectivity index (χ4n) is 3.83. The number of hydrogen-bond acceptors (Lipinski definition) is 6. The predicted octanol–water partition coefficient (Wildman–Crippen LogP) is 2.18. The van der Waals surface area contributed by atoms with Gasteiger partial charge in [-0.3, -0.25) is 9.59 Å². The van der Waals surface area contributed by atoms with Crippen LogP contribution >= 0.6 is 0 Å². The second-order valence-electron chi connectivity index (χ2n) is 7.54. The number of hydrogen-bond donors (Lipinski definition) is 1. The summed E-state index contributed by atoms with van der Waals surface area (Å²) in [5.74, 6) is -0.154. The lowest BCUT2D eigenvalue weighted by molar-refractivity contribution is -0.120. The fraction of sp³-hybridized carbons (Fsp3) is 0.429. The Morgan fingerprint density at radius 3 is 2.97 bits per heavy atom. The molecule has 2 aliphatic heterocycles. The van der Waals surface area contributed by atoms with Crippen LogP contribution in [0.4, 0.5) is 5.69 Å². The van der Waals surface area contributed by atoms with E-state index in [2.05, 4.69) is 22.2 Å². The SMILES string of the molecule is CCC[C@@]1(C)OCc2cnc(C(=O)NC3COc4ccccc4N(C)C3=O)nc21. The molecule has 4 rings (SSSR count). The first kappa shape index (κ1) is 19.3. The van der Waals surface area contributed by atoms with Crippen LogP contribution in [0.25, 0.3) is 0 Å². The van der Waals surface area contributed by atoms with Crippen LogP contribution in [0.5, 0.6) is 5.75 Å². The van der Waals surface area contributed by atoms with E-state index in [4.69, 9.17) is 9.47 Å². The monoisotopic (exact) mass is 396 g/mol. The van der Waals surface area contributed by atoms with Crippen molar-refractivity contribution in [2.75, 3.05) is 18.6 Å². The summed E-state index contributed by atoms with van der Waals surface area (Å²) in [5.41, 5.74) is 1.77. The third-order valence-electron chi connectivity index (χ3n) is 5.41. The van der Waals surface area contributed by atoms with E-state index in [1.807, 2.05) is 19.1 Å². The Bertz CT molecular complexity index is 959. The van der Waals surface area contributed by atoms with Gasteiger partial charge in [0.15, 0.2) is 0 Å². The van der Waals surface area contributed by atoms with Crippen molar-refractivity contribution in [3.05, 3.63) is 47.5 Å². The largest absolute Gasteiger partial charge is 0.489 e. The first-order valence-corrected chi connectivity index (χ1v) is 9.73. The van der Waals surface area contributed by atoms with Crippen LogP contribution in [0.1, 0.15) is 48.6 Å². The first-order chi connectivity index (χ1) is 13.9. The summed E-state index contributed by atoms with van der Waals surface area (Å²) in [6, 6.07) is 6.43. The van der Waals surface area contributed by atoms with Gasteiger partial charge in [-0.25, -0.2) is 9.97 Å². The normalized spacial score (nSPS) is 23.1. The van der Waals surface area contributed by atoms with Crippen LogP contribution in [-0.4, -0.2) is 41.5 Å². The first-order valence-electron chi connectivity index (χ1n) is 9.73. The predicted molar refractivity (Wildman–Crippen MR) is 106 cm³/mol. The van der Waals surface area contributed by atoms with E-state index in [0.717, 1.165) is 24.1 Å². The molecule has 8 nitrogen and oxygen atoms in total. The number of aromatic nitrogens is 2. The maximum atomic E-state index is 12.8. The molecule has 1 aromatic carbocycles. The lowest BCUT2D eigenvalue weighted by atomic mass is 9.95. The summed E-state index contributed by atoms with van der Waals surface area (Å²) in [6.07, 6.45) is 3.36. The number of likely N-dealkylation sites (N-methyl/N-ethyl adjacent to an activating group) is 1. The molecule has 2 aromatic rings. The molecule has 2 amide bonds. The molecule has 2 atom stereocenters. The zero-order chi connectivity index (χ0) is 20.6. The lowest BCUT2D eigenvalue weighted by Gasteiger charge is -2.23. The van der Waals surface area contributed by atoms with E-state index in [1.54, 1.807) is 25.4 Å². The molecule has 0 fully saturated rings. The number of carbonyl (C=O) groups excluding carboxylic acids is 2. The molecule has 0 spiro atoms. The number of para-hydroxylation sites is 2. The van der Waals surface area contributed by atoms with Crippen molar-refractivity contribution < 1.29 is 19.1 Å². The highest BCUT2D eigenvalue weighted by molar-refractivity contribution is 6.02. The van der Waals surface area contributed by atoms with Gasteiger partial charge in [-0.05, 0) is 25.5 Å². The van der Waals surface area contributed by atoms with Gasteiger partial charge in [-0.1, -0.05) is 25.5 Å². The van der Waals surface area contributed by atoms with Gasteiger partial charge in [-0.2, -0.15) is 0 Å². The third kappa shape index (κ3) is 3.44. The number of nitrogens with zero attached hydrogens (tertiary/aromatic N) is 3. The molecule has 152 valence electrons. The van der Waals surface area contributed by atoms with Crippen LogP contribution < -0.4 is 15.0 Å². The molecule has 3 heterocycles. The maximum Gasteiger partial charge on any atom is 0.289 e. The van der Waals surface area contributed by atoms with Gasteiger partial charge in [0.1, 0.15) is 24.0 Å². The zero-order valence-electron chi connectivity index (χ0n) is 16.8. The molecule has 1 N–H and O–H groups in total. The van der Waals surface area contributed by atoms with Crippen LogP contribution in [0.3, 0.4) is 0 Å². The molecule has 29 heavy (non-hydrogen) atoms. The van der Waals surface area contributed by atoms with Crippen molar-refractivity contribution in [2.45, 2.75) is 44.9 Å². The molecule has 0 aliphatic carbocycles. The number of ether oxygens (including phenoxy) is 2. The van der Waals surface area contributed by atoms with Crippen molar-refractivity contribution in [2.24, 2.45) is 0 Å². The number of nitrogens with one attached hydrogen (secondary N) is 1. The van der Waals surface area contributed by atoms with Gasteiger partial charge in [0.05, 0.1) is 18.0 Å². The Morgan fingerprint density at radius 1 is 1.38 bits per heavy atom. The maximum absolute atomic E-state index is 12.8. The van der Waals surface area contributed by atoms with E-state index >= 15 is 0 Å². The van der Waals surface area contributed by atoms with Crippen LogP contribution in [0, 0.1) is 0 Å². The van der Waals surface area contributed by atoms with E-state index in [9.17, 15) is 9.59 Å². The Morgan fingerprint density at radius 2 is 2.17 bits per heavy atom. The van der Waals surface area contributed by atoms with E-state index in [-0.39, 0.29) is 18.3 Å². The number of carbonyl (C=O) groups is 2. The molecule has 1 unspecified atom stereocenters. The van der Waals surface area contributed by atoms with Crippen molar-refractivity contribution in [3.63, 3.8) is 0 Å². The summed E-state index contributed by atoms with van der Waals surface area (Å²) >= 11 is 0. The molecule has 0 saturated carbocycles. The molecular formula is C21H24N4O4. The highest BCUT2D eigenvalue weighted by Crippen LogP contribution is 2.38. The van der Waals surface area contributed by atoms with Crippen molar-refractivity contribution in [1.29, 1.82) is 0 Å². The Kier molecular flexibility index (Phi) is 4.96. The fourth-order valence-corrected chi connectivity index (χ4v) is 3.83. The van der Waals surface area contributed by atoms with Gasteiger partial charge in [0, 0.05) is 18.8 Å². The average molecular weight is 396 g/mol. The summed E-state index contributed by atoms with van der Waals surface area (Å²) in [6.45, 7) is 4.53. The molecule has 8 heteroatoms. The lowest BCUT2D eigenvalue weighted by Crippen LogP contribution is -2.49. The van der Waals surface area contributed by atoms with Gasteiger partial charge in [0.2, 0.25) is 5.82 Å². The van der Waals surface area contributed by atoms with Crippen LogP contribution in [0.15, 0.2) is 30.5 Å². The summed E-state index contributed by atoms with van der Waals surface area (Å²) < 4.78 is 11.6. The molecule has 2 aliphatic rings. The summed E-state index contributed by atoms with van der Waals surface area (Å²) in [5, 5.41) is 2.72. The minimum absolute atomic E-state index is 0.0220. The highest BCUT2D eigenvalue weighted by Gasteiger charge is 2.38. The van der Waals surface area contributed by atoms with E-state index < -0.39 is 17.6 Å². The molecule has 1 aromatic heterocycles. The number of anilines is 1. The third-order valence-corrected chi connectivity index (χ3v) is 5.41. The molecular weight excluding hydrogens is 372 g/mol. The van der Waals surface area contributed by atoms with Gasteiger partial charge < -0.3 is 19.7 Å². The molecule has 0 bridgehead atoms.